The summed E-state index contributed by atoms with van der Waals surface area (Å²) in [5, 5.41) is 3.74. The quantitative estimate of drug-likeness (QED) is 0.612. The third-order valence-electron chi connectivity index (χ3n) is 3.78. The summed E-state index contributed by atoms with van der Waals surface area (Å²) in [6.45, 7) is 15.2. The Bertz CT molecular complexity index is 154. The van der Waals surface area contributed by atoms with Crippen molar-refractivity contribution >= 4 is 0 Å². The Balaban J connectivity index is 4.18. The van der Waals surface area contributed by atoms with Gasteiger partial charge in [0.1, 0.15) is 0 Å². The predicted octanol–water partition coefficient (Wildman–Crippen LogP) is 4.47. The highest BCUT2D eigenvalue weighted by molar-refractivity contribution is 4.77. The van der Waals surface area contributed by atoms with E-state index in [0.717, 1.165) is 17.8 Å². The van der Waals surface area contributed by atoms with Crippen LogP contribution in [-0.2, 0) is 0 Å². The third-order valence-corrected chi connectivity index (χ3v) is 3.78. The highest BCUT2D eigenvalue weighted by Gasteiger charge is 2.21. The Hall–Kier alpha value is -0.0400. The molecule has 1 heteroatoms. The minimum atomic E-state index is 0.710. The molecule has 3 atom stereocenters. The first-order valence-electron chi connectivity index (χ1n) is 7.26. The highest BCUT2D eigenvalue weighted by atomic mass is 14.9. The summed E-state index contributed by atoms with van der Waals surface area (Å²) in [7, 11) is 0. The van der Waals surface area contributed by atoms with Gasteiger partial charge in [-0.1, -0.05) is 54.4 Å². The zero-order valence-electron chi connectivity index (χ0n) is 12.3. The molecule has 0 rings (SSSR count). The lowest BCUT2D eigenvalue weighted by atomic mass is 9.84. The van der Waals surface area contributed by atoms with Crippen molar-refractivity contribution in [3.63, 3.8) is 0 Å². The van der Waals surface area contributed by atoms with Gasteiger partial charge >= 0.3 is 0 Å². The van der Waals surface area contributed by atoms with E-state index < -0.39 is 0 Å². The first-order chi connectivity index (χ1) is 7.52. The Labute approximate surface area is 103 Å². The zero-order valence-corrected chi connectivity index (χ0v) is 12.3. The molecule has 0 aliphatic heterocycles. The summed E-state index contributed by atoms with van der Waals surface area (Å²) in [5.41, 5.74) is 0. The molecule has 0 bridgehead atoms. The van der Waals surface area contributed by atoms with Crippen molar-refractivity contribution < 1.29 is 0 Å². The van der Waals surface area contributed by atoms with Crippen molar-refractivity contribution in [1.82, 2.24) is 5.32 Å². The molecular weight excluding hydrogens is 194 g/mol. The molecule has 0 saturated carbocycles. The van der Waals surface area contributed by atoms with Crippen LogP contribution >= 0.6 is 0 Å². The Morgan fingerprint density at radius 2 is 1.56 bits per heavy atom. The van der Waals surface area contributed by atoms with Gasteiger partial charge in [-0.25, -0.2) is 0 Å². The Kier molecular flexibility index (Phi) is 9.02. The topological polar surface area (TPSA) is 12.0 Å². The van der Waals surface area contributed by atoms with Gasteiger partial charge in [0.2, 0.25) is 0 Å². The van der Waals surface area contributed by atoms with Crippen LogP contribution in [0.5, 0.6) is 0 Å². The third kappa shape index (κ3) is 6.52. The average Bonchev–Trinajstić information content (AvgIpc) is 2.23. The van der Waals surface area contributed by atoms with E-state index in [4.69, 9.17) is 0 Å². The molecule has 1 nitrogen and oxygen atoms in total. The lowest BCUT2D eigenvalue weighted by Crippen LogP contribution is -2.39. The van der Waals surface area contributed by atoms with Crippen molar-refractivity contribution in [1.29, 1.82) is 0 Å². The first kappa shape index (κ1) is 16.0. The number of hydrogen-bond acceptors (Lipinski definition) is 1. The number of rotatable bonds is 9. The van der Waals surface area contributed by atoms with Gasteiger partial charge < -0.3 is 5.32 Å². The fourth-order valence-electron chi connectivity index (χ4n) is 2.32. The van der Waals surface area contributed by atoms with E-state index in [1.165, 1.54) is 32.2 Å². The molecule has 0 aliphatic carbocycles. The Morgan fingerprint density at radius 3 is 2.00 bits per heavy atom. The second kappa shape index (κ2) is 9.04. The molecule has 3 unspecified atom stereocenters. The maximum absolute atomic E-state index is 3.74. The normalized spacial score (nSPS) is 17.4. The second-order valence-corrected chi connectivity index (χ2v) is 5.79. The van der Waals surface area contributed by atoms with E-state index in [0.29, 0.717) is 6.04 Å². The van der Waals surface area contributed by atoms with Gasteiger partial charge in [-0.05, 0) is 37.1 Å². The van der Waals surface area contributed by atoms with Crippen LogP contribution in [0.4, 0.5) is 0 Å². The van der Waals surface area contributed by atoms with Gasteiger partial charge in [0.25, 0.3) is 0 Å². The van der Waals surface area contributed by atoms with Crippen LogP contribution in [0.1, 0.15) is 67.2 Å². The molecule has 0 amide bonds. The molecule has 0 fully saturated rings. The molecule has 0 spiro atoms. The van der Waals surface area contributed by atoms with Crippen LogP contribution in [0.15, 0.2) is 0 Å². The van der Waals surface area contributed by atoms with E-state index in [2.05, 4.69) is 46.9 Å². The molecule has 0 saturated heterocycles. The van der Waals surface area contributed by atoms with E-state index >= 15 is 0 Å². The number of nitrogens with one attached hydrogen (secondary N) is 1. The highest BCUT2D eigenvalue weighted by Crippen LogP contribution is 2.22. The van der Waals surface area contributed by atoms with E-state index in [1.807, 2.05) is 0 Å². The van der Waals surface area contributed by atoms with Gasteiger partial charge in [-0.3, -0.25) is 0 Å². The van der Waals surface area contributed by atoms with Crippen LogP contribution in [0.2, 0.25) is 0 Å². The van der Waals surface area contributed by atoms with Gasteiger partial charge in [0.15, 0.2) is 0 Å². The van der Waals surface area contributed by atoms with Crippen molar-refractivity contribution in [2.75, 3.05) is 6.54 Å². The maximum atomic E-state index is 3.74. The summed E-state index contributed by atoms with van der Waals surface area (Å²) in [5.74, 6) is 2.43. The summed E-state index contributed by atoms with van der Waals surface area (Å²) >= 11 is 0. The standard InChI is InChI=1S/C15H33N/c1-7-9-13(5)11-15(16-10-8-2)14(6)12(3)4/h12-16H,7-11H2,1-6H3. The van der Waals surface area contributed by atoms with Crippen molar-refractivity contribution in [3.8, 4) is 0 Å². The molecule has 16 heavy (non-hydrogen) atoms. The minimum absolute atomic E-state index is 0.710. The fraction of sp³-hybridized carbons (Fsp3) is 1.00. The molecular formula is C15H33N. The molecule has 0 aromatic carbocycles. The van der Waals surface area contributed by atoms with E-state index in [-0.39, 0.29) is 0 Å². The SMILES string of the molecule is CCCNC(CC(C)CCC)C(C)C(C)C. The van der Waals surface area contributed by atoms with Gasteiger partial charge in [0, 0.05) is 6.04 Å². The van der Waals surface area contributed by atoms with Crippen molar-refractivity contribution in [3.05, 3.63) is 0 Å². The van der Waals surface area contributed by atoms with E-state index in [9.17, 15) is 0 Å². The minimum Gasteiger partial charge on any atom is -0.314 e. The van der Waals surface area contributed by atoms with Crippen molar-refractivity contribution in [2.24, 2.45) is 17.8 Å². The van der Waals surface area contributed by atoms with Crippen LogP contribution in [-0.4, -0.2) is 12.6 Å². The van der Waals surface area contributed by atoms with Gasteiger partial charge in [0.05, 0.1) is 0 Å². The molecule has 0 aromatic rings. The molecule has 0 aliphatic rings. The van der Waals surface area contributed by atoms with Gasteiger partial charge in [-0.15, -0.1) is 0 Å². The van der Waals surface area contributed by atoms with Crippen molar-refractivity contribution in [2.45, 2.75) is 73.3 Å². The van der Waals surface area contributed by atoms with Crippen LogP contribution in [0, 0.1) is 17.8 Å². The average molecular weight is 227 g/mol. The molecule has 0 aromatic heterocycles. The van der Waals surface area contributed by atoms with E-state index in [1.54, 1.807) is 0 Å². The lowest BCUT2D eigenvalue weighted by Gasteiger charge is -2.30. The lowest BCUT2D eigenvalue weighted by molar-refractivity contribution is 0.254. The summed E-state index contributed by atoms with van der Waals surface area (Å²) in [6, 6.07) is 0.710. The second-order valence-electron chi connectivity index (χ2n) is 5.79. The predicted molar refractivity (Wildman–Crippen MR) is 74.8 cm³/mol. The van der Waals surface area contributed by atoms with Crippen LogP contribution in [0.25, 0.3) is 0 Å². The fourth-order valence-corrected chi connectivity index (χ4v) is 2.32. The largest absolute Gasteiger partial charge is 0.314 e. The Morgan fingerprint density at radius 1 is 0.938 bits per heavy atom. The van der Waals surface area contributed by atoms with Crippen LogP contribution in [0.3, 0.4) is 0 Å². The molecule has 1 N–H and O–H groups in total. The molecule has 0 heterocycles. The van der Waals surface area contributed by atoms with Gasteiger partial charge in [-0.2, -0.15) is 0 Å². The summed E-state index contributed by atoms with van der Waals surface area (Å²) in [6.07, 6.45) is 5.27. The monoisotopic (exact) mass is 227 g/mol. The smallest absolute Gasteiger partial charge is 0.00976 e. The summed E-state index contributed by atoms with van der Waals surface area (Å²) < 4.78 is 0. The number of hydrogen-bond donors (Lipinski definition) is 1. The molecule has 0 radical (unpaired) electrons. The zero-order chi connectivity index (χ0) is 12.6. The maximum Gasteiger partial charge on any atom is 0.00976 e. The first-order valence-corrected chi connectivity index (χ1v) is 7.26. The summed E-state index contributed by atoms with van der Waals surface area (Å²) in [4.78, 5) is 0. The van der Waals surface area contributed by atoms with Crippen LogP contribution < -0.4 is 5.32 Å². The molecule has 98 valence electrons.